The van der Waals surface area contributed by atoms with Crippen LogP contribution in [0.1, 0.15) is 42.6 Å². The number of ketones is 1. The van der Waals surface area contributed by atoms with Crippen molar-refractivity contribution in [2.75, 3.05) is 0 Å². The number of rotatable bonds is 2. The van der Waals surface area contributed by atoms with Gasteiger partial charge in [-0.2, -0.15) is 5.10 Å². The number of nitrogens with zero attached hydrogens (tertiary/aromatic N) is 1. The molecule has 2 aliphatic carbocycles. The van der Waals surface area contributed by atoms with Crippen molar-refractivity contribution in [3.8, 4) is 0 Å². The number of carboxylic acid groups (broad SMARTS) is 1. The Labute approximate surface area is 98.2 Å². The van der Waals surface area contributed by atoms with Gasteiger partial charge < -0.3 is 5.11 Å². The van der Waals surface area contributed by atoms with Crippen LogP contribution in [0, 0.1) is 0 Å². The fraction of sp³-hybridized carbons (Fsp3) is 0.583. The van der Waals surface area contributed by atoms with E-state index in [9.17, 15) is 14.7 Å². The molecular formula is C12H14N2O3. The van der Waals surface area contributed by atoms with Crippen LogP contribution in [0.4, 0.5) is 0 Å². The number of H-pyrrole nitrogens is 1. The van der Waals surface area contributed by atoms with Crippen LogP contribution >= 0.6 is 0 Å². The number of hydrogen-bond donors (Lipinski definition) is 2. The number of aromatic amines is 1. The molecule has 2 N–H and O–H groups in total. The van der Waals surface area contributed by atoms with Gasteiger partial charge in [-0.1, -0.05) is 0 Å². The molecule has 1 fully saturated rings. The summed E-state index contributed by atoms with van der Waals surface area (Å²) in [7, 11) is 0. The molecule has 90 valence electrons. The first-order chi connectivity index (χ1) is 8.13. The summed E-state index contributed by atoms with van der Waals surface area (Å²) in [6.45, 7) is 0. The first kappa shape index (κ1) is 10.5. The largest absolute Gasteiger partial charge is 0.481 e. The minimum atomic E-state index is -1.04. The van der Waals surface area contributed by atoms with E-state index in [1.165, 1.54) is 0 Å². The number of carboxylic acids is 1. The Hall–Kier alpha value is -1.65. The quantitative estimate of drug-likeness (QED) is 0.798. The Morgan fingerprint density at radius 3 is 2.65 bits per heavy atom. The van der Waals surface area contributed by atoms with Crippen molar-refractivity contribution >= 4 is 11.8 Å². The molecule has 0 saturated heterocycles. The summed E-state index contributed by atoms with van der Waals surface area (Å²) in [6, 6.07) is 0. The van der Waals surface area contributed by atoms with E-state index in [4.69, 9.17) is 0 Å². The van der Waals surface area contributed by atoms with Gasteiger partial charge in [-0.25, -0.2) is 0 Å². The maximum absolute atomic E-state index is 11.4. The number of fused-ring (bicyclic) bond motifs is 1. The van der Waals surface area contributed by atoms with Gasteiger partial charge in [0.05, 0.1) is 5.69 Å². The lowest BCUT2D eigenvalue weighted by molar-refractivity contribution is -0.153. The lowest BCUT2D eigenvalue weighted by atomic mass is 9.64. The first-order valence-corrected chi connectivity index (χ1v) is 5.95. The van der Waals surface area contributed by atoms with E-state index in [1.807, 2.05) is 0 Å². The van der Waals surface area contributed by atoms with E-state index in [0.717, 1.165) is 36.9 Å². The number of carbonyl (C=O) groups excluding carboxylic acids is 1. The molecule has 1 saturated carbocycles. The van der Waals surface area contributed by atoms with E-state index in [1.54, 1.807) is 0 Å². The molecule has 0 spiro atoms. The molecule has 0 bridgehead atoms. The Balaban J connectivity index is 2.05. The first-order valence-electron chi connectivity index (χ1n) is 5.95. The molecule has 5 heteroatoms. The zero-order chi connectivity index (χ0) is 12.0. The van der Waals surface area contributed by atoms with Crippen molar-refractivity contribution in [1.29, 1.82) is 0 Å². The third-order valence-corrected chi connectivity index (χ3v) is 3.92. The summed E-state index contributed by atoms with van der Waals surface area (Å²) in [5.41, 5.74) is 1.68. The molecule has 1 aromatic heterocycles. The van der Waals surface area contributed by atoms with Gasteiger partial charge in [0, 0.05) is 18.5 Å². The van der Waals surface area contributed by atoms with Gasteiger partial charge >= 0.3 is 5.97 Å². The molecule has 0 radical (unpaired) electrons. The second-order valence-corrected chi connectivity index (χ2v) is 5.02. The smallest absolute Gasteiger partial charge is 0.316 e. The van der Waals surface area contributed by atoms with Crippen LogP contribution in [0.15, 0.2) is 0 Å². The van der Waals surface area contributed by atoms with Gasteiger partial charge in [0.1, 0.15) is 11.2 Å². The molecule has 1 aromatic rings. The number of Topliss-reactive ketones (excluding diaryl/α,β-unsaturated/α-hetero) is 1. The Morgan fingerprint density at radius 2 is 2.00 bits per heavy atom. The van der Waals surface area contributed by atoms with Crippen LogP contribution < -0.4 is 0 Å². The summed E-state index contributed by atoms with van der Waals surface area (Å²) in [4.78, 5) is 22.6. The van der Waals surface area contributed by atoms with Crippen LogP contribution in [-0.2, 0) is 27.8 Å². The summed E-state index contributed by atoms with van der Waals surface area (Å²) < 4.78 is 0. The van der Waals surface area contributed by atoms with Crippen molar-refractivity contribution in [3.63, 3.8) is 0 Å². The maximum Gasteiger partial charge on any atom is 0.316 e. The minimum Gasteiger partial charge on any atom is -0.481 e. The second-order valence-electron chi connectivity index (χ2n) is 5.02. The standard InChI is InChI=1S/C12H14N2O3/c15-7-5-12(6-7,11(16)17)10-8-3-1-2-4-9(8)13-14-10/h1-6H2,(H,13,14)(H,16,17). The minimum absolute atomic E-state index is 0.0139. The van der Waals surface area contributed by atoms with E-state index >= 15 is 0 Å². The topological polar surface area (TPSA) is 83.1 Å². The van der Waals surface area contributed by atoms with Gasteiger partial charge in [0.25, 0.3) is 0 Å². The molecule has 5 nitrogen and oxygen atoms in total. The molecule has 0 aliphatic heterocycles. The highest BCUT2D eigenvalue weighted by atomic mass is 16.4. The average molecular weight is 234 g/mol. The predicted molar refractivity (Wildman–Crippen MR) is 58.8 cm³/mol. The van der Waals surface area contributed by atoms with Crippen molar-refractivity contribution in [1.82, 2.24) is 10.2 Å². The summed E-state index contributed by atoms with van der Waals surface area (Å²) in [6.07, 6.45) is 4.20. The van der Waals surface area contributed by atoms with Crippen molar-refractivity contribution < 1.29 is 14.7 Å². The lowest BCUT2D eigenvalue weighted by Gasteiger charge is -2.35. The predicted octanol–water partition coefficient (Wildman–Crippen LogP) is 0.974. The lowest BCUT2D eigenvalue weighted by Crippen LogP contribution is -2.49. The number of carbonyl (C=O) groups is 2. The van der Waals surface area contributed by atoms with Crippen LogP contribution in [0.2, 0.25) is 0 Å². The molecule has 1 heterocycles. The monoisotopic (exact) mass is 234 g/mol. The maximum atomic E-state index is 11.4. The van der Waals surface area contributed by atoms with E-state index < -0.39 is 11.4 Å². The normalized spacial score (nSPS) is 21.8. The van der Waals surface area contributed by atoms with E-state index in [0.29, 0.717) is 5.69 Å². The summed E-state index contributed by atoms with van der Waals surface area (Å²) >= 11 is 0. The van der Waals surface area contributed by atoms with Crippen LogP contribution in [0.3, 0.4) is 0 Å². The van der Waals surface area contributed by atoms with Crippen molar-refractivity contribution in [2.24, 2.45) is 0 Å². The van der Waals surface area contributed by atoms with E-state index in [-0.39, 0.29) is 18.6 Å². The van der Waals surface area contributed by atoms with Crippen molar-refractivity contribution in [2.45, 2.75) is 43.9 Å². The Kier molecular flexibility index (Phi) is 2.11. The van der Waals surface area contributed by atoms with Crippen LogP contribution in [0.5, 0.6) is 0 Å². The van der Waals surface area contributed by atoms with Crippen LogP contribution in [-0.4, -0.2) is 27.1 Å². The molecule has 0 amide bonds. The third kappa shape index (κ3) is 1.34. The number of aromatic nitrogens is 2. The Bertz CT molecular complexity index is 496. The van der Waals surface area contributed by atoms with Crippen molar-refractivity contribution in [3.05, 3.63) is 17.0 Å². The average Bonchev–Trinajstić information content (AvgIpc) is 2.68. The summed E-state index contributed by atoms with van der Waals surface area (Å²) in [5.74, 6) is -0.906. The molecule has 0 unspecified atom stereocenters. The summed E-state index contributed by atoms with van der Waals surface area (Å²) in [5, 5.41) is 16.5. The number of nitrogens with one attached hydrogen (secondary N) is 1. The molecular weight excluding hydrogens is 220 g/mol. The zero-order valence-electron chi connectivity index (χ0n) is 9.45. The molecule has 0 aromatic carbocycles. The molecule has 0 atom stereocenters. The molecule has 17 heavy (non-hydrogen) atoms. The third-order valence-electron chi connectivity index (χ3n) is 3.92. The second kappa shape index (κ2) is 3.42. The fourth-order valence-electron chi connectivity index (χ4n) is 2.92. The number of aliphatic carboxylic acids is 1. The van der Waals surface area contributed by atoms with E-state index in [2.05, 4.69) is 10.2 Å². The van der Waals surface area contributed by atoms with Gasteiger partial charge in [0.15, 0.2) is 0 Å². The molecule has 3 rings (SSSR count). The van der Waals surface area contributed by atoms with Gasteiger partial charge in [-0.05, 0) is 31.2 Å². The van der Waals surface area contributed by atoms with Gasteiger partial charge in [0.2, 0.25) is 0 Å². The van der Waals surface area contributed by atoms with Gasteiger partial charge in [-0.3, -0.25) is 14.7 Å². The highest BCUT2D eigenvalue weighted by molar-refractivity contribution is 6.01. The molecule has 2 aliphatic rings. The number of hydrogen-bond acceptors (Lipinski definition) is 3. The van der Waals surface area contributed by atoms with Crippen LogP contribution in [0.25, 0.3) is 0 Å². The Morgan fingerprint density at radius 1 is 1.29 bits per heavy atom. The SMILES string of the molecule is O=C1CC(C(=O)O)(c2n[nH]c3c2CCCC3)C1. The highest BCUT2D eigenvalue weighted by Crippen LogP contribution is 2.43. The van der Waals surface area contributed by atoms with Gasteiger partial charge in [-0.15, -0.1) is 0 Å². The highest BCUT2D eigenvalue weighted by Gasteiger charge is 2.54. The fourth-order valence-corrected chi connectivity index (χ4v) is 2.92. The number of aryl methyl sites for hydroxylation is 1. The zero-order valence-corrected chi connectivity index (χ0v) is 9.45.